The lowest BCUT2D eigenvalue weighted by Gasteiger charge is -2.08. The first-order valence-corrected chi connectivity index (χ1v) is 5.52. The van der Waals surface area contributed by atoms with Crippen molar-refractivity contribution in [3.63, 3.8) is 0 Å². The minimum Gasteiger partial charge on any atom is -0.393 e. The number of aliphatic hydroxyl groups excluding tert-OH is 1. The van der Waals surface area contributed by atoms with Crippen molar-refractivity contribution >= 4 is 0 Å². The Morgan fingerprint density at radius 3 is 2.14 bits per heavy atom. The third-order valence-corrected chi connectivity index (χ3v) is 2.50. The maximum absolute atomic E-state index is 9.48. The average Bonchev–Trinajstić information content (AvgIpc) is 2.21. The van der Waals surface area contributed by atoms with Crippen molar-refractivity contribution in [2.75, 3.05) is 0 Å². The highest BCUT2D eigenvalue weighted by Gasteiger charge is 2.02. The summed E-state index contributed by atoms with van der Waals surface area (Å²) in [7, 11) is 0. The Morgan fingerprint density at radius 1 is 1.07 bits per heavy atom. The molecule has 0 bridgehead atoms. The van der Waals surface area contributed by atoms with Crippen LogP contribution in [0.4, 0.5) is 0 Å². The zero-order chi connectivity index (χ0) is 10.4. The van der Waals surface area contributed by atoms with Gasteiger partial charge in [-0.05, 0) is 30.4 Å². The molecule has 1 aromatic rings. The molecule has 0 aliphatic rings. The van der Waals surface area contributed by atoms with Crippen LogP contribution >= 0.6 is 0 Å². The van der Waals surface area contributed by atoms with Crippen LogP contribution < -0.4 is 0 Å². The van der Waals surface area contributed by atoms with Crippen molar-refractivity contribution in [2.45, 2.75) is 45.6 Å². The van der Waals surface area contributed by atoms with Gasteiger partial charge in [0.1, 0.15) is 0 Å². The van der Waals surface area contributed by atoms with Crippen LogP contribution in [0.1, 0.15) is 37.8 Å². The van der Waals surface area contributed by atoms with Gasteiger partial charge in [-0.1, -0.05) is 44.5 Å². The van der Waals surface area contributed by atoms with Crippen LogP contribution in [0, 0.1) is 0 Å². The van der Waals surface area contributed by atoms with Crippen LogP contribution in [0.3, 0.4) is 0 Å². The maximum Gasteiger partial charge on any atom is 0.0577 e. The van der Waals surface area contributed by atoms with Gasteiger partial charge in [0.25, 0.3) is 0 Å². The molecule has 1 atom stereocenters. The molecule has 0 amide bonds. The molecule has 78 valence electrons. The monoisotopic (exact) mass is 192 g/mol. The summed E-state index contributed by atoms with van der Waals surface area (Å²) in [4.78, 5) is 0. The fourth-order valence-corrected chi connectivity index (χ4v) is 1.55. The fraction of sp³-hybridized carbons (Fsp3) is 0.538. The lowest BCUT2D eigenvalue weighted by Crippen LogP contribution is -2.08. The highest BCUT2D eigenvalue weighted by atomic mass is 16.3. The molecule has 0 heterocycles. The summed E-state index contributed by atoms with van der Waals surface area (Å²) in [6.45, 7) is 4.20. The number of aryl methyl sites for hydroxylation is 1. The third-order valence-electron chi connectivity index (χ3n) is 2.50. The maximum atomic E-state index is 9.48. The Labute approximate surface area is 86.8 Å². The summed E-state index contributed by atoms with van der Waals surface area (Å²) in [6.07, 6.45) is 3.76. The van der Waals surface area contributed by atoms with Crippen LogP contribution in [0.2, 0.25) is 0 Å². The van der Waals surface area contributed by atoms with Gasteiger partial charge in [-0.15, -0.1) is 0 Å². The van der Waals surface area contributed by atoms with Gasteiger partial charge >= 0.3 is 0 Å². The van der Waals surface area contributed by atoms with Crippen molar-refractivity contribution in [1.82, 2.24) is 0 Å². The predicted molar refractivity (Wildman–Crippen MR) is 60.4 cm³/mol. The molecule has 0 unspecified atom stereocenters. The second-order valence-electron chi connectivity index (χ2n) is 3.83. The van der Waals surface area contributed by atoms with Crippen molar-refractivity contribution in [3.05, 3.63) is 35.4 Å². The summed E-state index contributed by atoms with van der Waals surface area (Å²) < 4.78 is 0. The van der Waals surface area contributed by atoms with E-state index in [1.165, 1.54) is 17.5 Å². The summed E-state index contributed by atoms with van der Waals surface area (Å²) >= 11 is 0. The number of hydrogen-bond acceptors (Lipinski definition) is 1. The van der Waals surface area contributed by atoms with Gasteiger partial charge in [-0.3, -0.25) is 0 Å². The largest absolute Gasteiger partial charge is 0.393 e. The van der Waals surface area contributed by atoms with Gasteiger partial charge in [0.2, 0.25) is 0 Å². The molecule has 1 nitrogen and oxygen atoms in total. The zero-order valence-electron chi connectivity index (χ0n) is 9.16. The Bertz CT molecular complexity index is 250. The van der Waals surface area contributed by atoms with E-state index in [4.69, 9.17) is 0 Å². The molecule has 0 saturated carbocycles. The number of hydrogen-bond donors (Lipinski definition) is 1. The van der Waals surface area contributed by atoms with E-state index < -0.39 is 0 Å². The summed E-state index contributed by atoms with van der Waals surface area (Å²) in [5.74, 6) is 0. The number of rotatable bonds is 5. The van der Waals surface area contributed by atoms with Crippen molar-refractivity contribution in [2.24, 2.45) is 0 Å². The fourth-order valence-electron chi connectivity index (χ4n) is 1.55. The van der Waals surface area contributed by atoms with Crippen molar-refractivity contribution in [1.29, 1.82) is 0 Å². The predicted octanol–water partition coefficient (Wildman–Crippen LogP) is 2.95. The smallest absolute Gasteiger partial charge is 0.0577 e. The molecule has 1 rings (SSSR count). The Balaban J connectivity index is 2.54. The highest BCUT2D eigenvalue weighted by molar-refractivity contribution is 5.23. The Kier molecular flexibility index (Phi) is 4.68. The topological polar surface area (TPSA) is 20.2 Å². The first kappa shape index (κ1) is 11.3. The second kappa shape index (κ2) is 5.82. The Hall–Kier alpha value is -0.820. The van der Waals surface area contributed by atoms with E-state index in [0.29, 0.717) is 0 Å². The van der Waals surface area contributed by atoms with E-state index >= 15 is 0 Å². The summed E-state index contributed by atoms with van der Waals surface area (Å²) in [5, 5.41) is 9.48. The van der Waals surface area contributed by atoms with Gasteiger partial charge in [0.05, 0.1) is 6.10 Å². The third kappa shape index (κ3) is 3.51. The van der Waals surface area contributed by atoms with E-state index in [0.717, 1.165) is 19.3 Å². The molecule has 1 N–H and O–H groups in total. The van der Waals surface area contributed by atoms with Crippen LogP contribution in [0.25, 0.3) is 0 Å². The second-order valence-corrected chi connectivity index (χ2v) is 3.83. The molecule has 1 aromatic carbocycles. The zero-order valence-corrected chi connectivity index (χ0v) is 9.16. The number of aliphatic hydroxyl groups is 1. The van der Waals surface area contributed by atoms with E-state index in [-0.39, 0.29) is 6.10 Å². The summed E-state index contributed by atoms with van der Waals surface area (Å²) in [6, 6.07) is 8.59. The lowest BCUT2D eigenvalue weighted by molar-refractivity contribution is 0.171. The normalized spacial score (nSPS) is 12.8. The minimum absolute atomic E-state index is 0.188. The Morgan fingerprint density at radius 2 is 1.64 bits per heavy atom. The van der Waals surface area contributed by atoms with Gasteiger partial charge in [0.15, 0.2) is 0 Å². The van der Waals surface area contributed by atoms with Gasteiger partial charge in [0, 0.05) is 0 Å². The molecule has 0 aromatic heterocycles. The molecule has 0 aliphatic heterocycles. The van der Waals surface area contributed by atoms with Gasteiger partial charge < -0.3 is 5.11 Å². The van der Waals surface area contributed by atoms with E-state index in [1.807, 2.05) is 6.92 Å². The molecule has 0 radical (unpaired) electrons. The van der Waals surface area contributed by atoms with Gasteiger partial charge in [-0.2, -0.15) is 0 Å². The van der Waals surface area contributed by atoms with Crippen molar-refractivity contribution < 1.29 is 5.11 Å². The molecule has 0 spiro atoms. The van der Waals surface area contributed by atoms with Crippen LogP contribution in [-0.4, -0.2) is 11.2 Å². The van der Waals surface area contributed by atoms with Gasteiger partial charge in [-0.25, -0.2) is 0 Å². The molecule has 0 fully saturated rings. The number of benzene rings is 1. The molecular formula is C13H20O. The summed E-state index contributed by atoms with van der Waals surface area (Å²) in [5.41, 5.74) is 2.63. The average molecular weight is 192 g/mol. The molecule has 1 heteroatoms. The first-order valence-electron chi connectivity index (χ1n) is 5.52. The quantitative estimate of drug-likeness (QED) is 0.760. The standard InChI is InChI=1S/C13H20O/c1-3-5-11-6-8-12(9-7-11)10-13(14)4-2/h6-9,13-14H,3-5,10H2,1-2H3/t13-/m1/s1. The highest BCUT2D eigenvalue weighted by Crippen LogP contribution is 2.09. The van der Waals surface area contributed by atoms with Crippen LogP contribution in [0.15, 0.2) is 24.3 Å². The molecule has 14 heavy (non-hydrogen) atoms. The van der Waals surface area contributed by atoms with Crippen molar-refractivity contribution in [3.8, 4) is 0 Å². The van der Waals surface area contributed by atoms with E-state index in [9.17, 15) is 5.11 Å². The lowest BCUT2D eigenvalue weighted by atomic mass is 10.0. The molecule has 0 aliphatic carbocycles. The van der Waals surface area contributed by atoms with E-state index in [1.54, 1.807) is 0 Å². The van der Waals surface area contributed by atoms with Crippen LogP contribution in [-0.2, 0) is 12.8 Å². The van der Waals surface area contributed by atoms with E-state index in [2.05, 4.69) is 31.2 Å². The minimum atomic E-state index is -0.188. The molecular weight excluding hydrogens is 172 g/mol. The van der Waals surface area contributed by atoms with Crippen LogP contribution in [0.5, 0.6) is 0 Å². The molecule has 0 saturated heterocycles. The SMILES string of the molecule is CCCc1ccc(C[C@H](O)CC)cc1. The first-order chi connectivity index (χ1) is 6.76.